The highest BCUT2D eigenvalue weighted by molar-refractivity contribution is 7.07. The molecule has 1 aromatic carbocycles. The summed E-state index contributed by atoms with van der Waals surface area (Å²) in [6.07, 6.45) is 2.08. The summed E-state index contributed by atoms with van der Waals surface area (Å²) >= 11 is 1.75. The van der Waals surface area contributed by atoms with Crippen molar-refractivity contribution in [1.29, 1.82) is 0 Å². The number of hydrogen-bond donors (Lipinski definition) is 2. The Morgan fingerprint density at radius 2 is 1.79 bits per heavy atom. The third-order valence-corrected chi connectivity index (χ3v) is 4.24. The zero-order valence-corrected chi connectivity index (χ0v) is 12.4. The minimum Gasteiger partial charge on any atom is -0.271 e. The van der Waals surface area contributed by atoms with Gasteiger partial charge in [0, 0.05) is 6.04 Å². The number of rotatable bonds is 6. The maximum Gasteiger partial charge on any atom is 0.0463 e. The van der Waals surface area contributed by atoms with E-state index in [2.05, 4.69) is 60.4 Å². The van der Waals surface area contributed by atoms with Crippen LogP contribution in [0.2, 0.25) is 0 Å². The van der Waals surface area contributed by atoms with Crippen LogP contribution in [0.5, 0.6) is 0 Å². The molecule has 0 saturated carbocycles. The molecule has 3 N–H and O–H groups in total. The Morgan fingerprint density at radius 3 is 2.32 bits per heavy atom. The van der Waals surface area contributed by atoms with E-state index in [1.807, 2.05) is 0 Å². The van der Waals surface area contributed by atoms with Crippen LogP contribution in [0.25, 0.3) is 0 Å². The van der Waals surface area contributed by atoms with E-state index < -0.39 is 0 Å². The van der Waals surface area contributed by atoms with E-state index in [0.29, 0.717) is 5.92 Å². The van der Waals surface area contributed by atoms with Crippen molar-refractivity contribution >= 4 is 11.3 Å². The lowest BCUT2D eigenvalue weighted by atomic mass is 9.96. The van der Waals surface area contributed by atoms with Gasteiger partial charge in [-0.25, -0.2) is 0 Å². The van der Waals surface area contributed by atoms with Crippen LogP contribution in [0.4, 0.5) is 0 Å². The number of hydrazine groups is 1. The van der Waals surface area contributed by atoms with Gasteiger partial charge < -0.3 is 0 Å². The molecule has 0 radical (unpaired) electrons. The predicted molar refractivity (Wildman–Crippen MR) is 83.2 cm³/mol. The molecule has 2 rings (SSSR count). The lowest BCUT2D eigenvalue weighted by molar-refractivity contribution is 0.516. The molecule has 0 fully saturated rings. The van der Waals surface area contributed by atoms with Crippen LogP contribution in [0.15, 0.2) is 41.1 Å². The Bertz CT molecular complexity index is 474. The maximum atomic E-state index is 5.69. The standard InChI is InChI=1S/C16H22N2S/c1-12(2)14-4-6-15(7-5-14)16(18-17)8-3-13-9-10-19-11-13/h4-7,9-12,16,18H,3,8,17H2,1-2H3. The Hall–Kier alpha value is -1.16. The van der Waals surface area contributed by atoms with E-state index in [4.69, 9.17) is 5.84 Å². The number of hydrogen-bond acceptors (Lipinski definition) is 3. The summed E-state index contributed by atoms with van der Waals surface area (Å²) in [5.74, 6) is 6.27. The fourth-order valence-electron chi connectivity index (χ4n) is 2.21. The molecule has 0 saturated heterocycles. The number of benzene rings is 1. The van der Waals surface area contributed by atoms with Gasteiger partial charge >= 0.3 is 0 Å². The summed E-state index contributed by atoms with van der Waals surface area (Å²) < 4.78 is 0. The van der Waals surface area contributed by atoms with Crippen molar-refractivity contribution in [2.24, 2.45) is 5.84 Å². The first-order valence-corrected chi connectivity index (χ1v) is 7.72. The first kappa shape index (κ1) is 14.3. The highest BCUT2D eigenvalue weighted by Crippen LogP contribution is 2.22. The van der Waals surface area contributed by atoms with Gasteiger partial charge in [0.25, 0.3) is 0 Å². The van der Waals surface area contributed by atoms with Crippen molar-refractivity contribution < 1.29 is 0 Å². The van der Waals surface area contributed by atoms with Crippen LogP contribution in [0.3, 0.4) is 0 Å². The van der Waals surface area contributed by atoms with Gasteiger partial charge in [-0.15, -0.1) is 0 Å². The molecule has 3 heteroatoms. The molecule has 102 valence electrons. The number of nitrogens with one attached hydrogen (secondary N) is 1. The van der Waals surface area contributed by atoms with Crippen molar-refractivity contribution in [2.75, 3.05) is 0 Å². The van der Waals surface area contributed by atoms with E-state index in [-0.39, 0.29) is 6.04 Å². The third-order valence-electron chi connectivity index (χ3n) is 3.51. The number of nitrogens with two attached hydrogens (primary N) is 1. The second-order valence-corrected chi connectivity index (χ2v) is 5.99. The molecule has 0 aliphatic rings. The van der Waals surface area contributed by atoms with Crippen LogP contribution in [0.1, 0.15) is 48.9 Å². The molecule has 2 aromatic rings. The van der Waals surface area contributed by atoms with Crippen molar-refractivity contribution in [1.82, 2.24) is 5.43 Å². The summed E-state index contributed by atoms with van der Waals surface area (Å²) in [7, 11) is 0. The quantitative estimate of drug-likeness (QED) is 0.617. The summed E-state index contributed by atoms with van der Waals surface area (Å²) in [5, 5.41) is 4.33. The van der Waals surface area contributed by atoms with E-state index >= 15 is 0 Å². The largest absolute Gasteiger partial charge is 0.271 e. The first-order valence-electron chi connectivity index (χ1n) is 6.77. The highest BCUT2D eigenvalue weighted by Gasteiger charge is 2.10. The van der Waals surface area contributed by atoms with Crippen molar-refractivity contribution in [3.05, 3.63) is 57.8 Å². The molecule has 1 atom stereocenters. The zero-order valence-electron chi connectivity index (χ0n) is 11.6. The average Bonchev–Trinajstić information content (AvgIpc) is 2.93. The Morgan fingerprint density at radius 1 is 1.11 bits per heavy atom. The zero-order chi connectivity index (χ0) is 13.7. The van der Waals surface area contributed by atoms with Crippen LogP contribution in [-0.2, 0) is 6.42 Å². The maximum absolute atomic E-state index is 5.69. The van der Waals surface area contributed by atoms with Crippen LogP contribution in [-0.4, -0.2) is 0 Å². The summed E-state index contributed by atoms with van der Waals surface area (Å²) in [4.78, 5) is 0. The predicted octanol–water partition coefficient (Wildman–Crippen LogP) is 4.01. The van der Waals surface area contributed by atoms with Crippen molar-refractivity contribution in [3.63, 3.8) is 0 Å². The van der Waals surface area contributed by atoms with Crippen LogP contribution in [0, 0.1) is 0 Å². The second-order valence-electron chi connectivity index (χ2n) is 5.21. The molecule has 0 bridgehead atoms. The Labute approximate surface area is 119 Å². The molecule has 0 spiro atoms. The SMILES string of the molecule is CC(C)c1ccc(C(CCc2ccsc2)NN)cc1. The van der Waals surface area contributed by atoms with Crippen LogP contribution < -0.4 is 11.3 Å². The van der Waals surface area contributed by atoms with Crippen LogP contribution >= 0.6 is 11.3 Å². The summed E-state index contributed by atoms with van der Waals surface area (Å²) in [5.41, 5.74) is 6.96. The van der Waals surface area contributed by atoms with Gasteiger partial charge in [-0.1, -0.05) is 38.1 Å². The van der Waals surface area contributed by atoms with Gasteiger partial charge in [-0.2, -0.15) is 11.3 Å². The molecule has 1 unspecified atom stereocenters. The first-order chi connectivity index (χ1) is 9.20. The summed E-state index contributed by atoms with van der Waals surface area (Å²) in [6.45, 7) is 4.43. The Balaban J connectivity index is 2.00. The molecule has 1 aromatic heterocycles. The lowest BCUT2D eigenvalue weighted by Gasteiger charge is -2.17. The van der Waals surface area contributed by atoms with Gasteiger partial charge in [-0.3, -0.25) is 11.3 Å². The third kappa shape index (κ3) is 3.90. The molecule has 0 aliphatic carbocycles. The fraction of sp³-hybridized carbons (Fsp3) is 0.375. The smallest absolute Gasteiger partial charge is 0.0463 e. The van der Waals surface area contributed by atoms with Gasteiger partial charge in [-0.05, 0) is 52.3 Å². The molecular weight excluding hydrogens is 252 g/mol. The number of thiophene rings is 1. The average molecular weight is 274 g/mol. The lowest BCUT2D eigenvalue weighted by Crippen LogP contribution is -2.28. The van der Waals surface area contributed by atoms with E-state index in [1.54, 1.807) is 11.3 Å². The van der Waals surface area contributed by atoms with Gasteiger partial charge in [0.2, 0.25) is 0 Å². The van der Waals surface area contributed by atoms with Crippen molar-refractivity contribution in [2.45, 2.75) is 38.6 Å². The van der Waals surface area contributed by atoms with Gasteiger partial charge in [0.05, 0.1) is 0 Å². The number of aryl methyl sites for hydroxylation is 1. The topological polar surface area (TPSA) is 38.0 Å². The molecule has 2 nitrogen and oxygen atoms in total. The minimum atomic E-state index is 0.223. The highest BCUT2D eigenvalue weighted by atomic mass is 32.1. The van der Waals surface area contributed by atoms with E-state index in [1.165, 1.54) is 16.7 Å². The van der Waals surface area contributed by atoms with Crippen molar-refractivity contribution in [3.8, 4) is 0 Å². The molecule has 19 heavy (non-hydrogen) atoms. The van der Waals surface area contributed by atoms with Gasteiger partial charge in [0.1, 0.15) is 0 Å². The molecule has 0 amide bonds. The van der Waals surface area contributed by atoms with E-state index in [0.717, 1.165) is 12.8 Å². The van der Waals surface area contributed by atoms with E-state index in [9.17, 15) is 0 Å². The molecular formula is C16H22N2S. The summed E-state index contributed by atoms with van der Waals surface area (Å²) in [6, 6.07) is 11.2. The fourth-order valence-corrected chi connectivity index (χ4v) is 2.91. The minimum absolute atomic E-state index is 0.223. The monoisotopic (exact) mass is 274 g/mol. The molecule has 0 aliphatic heterocycles. The second kappa shape index (κ2) is 6.85. The normalized spacial score (nSPS) is 12.8. The van der Waals surface area contributed by atoms with Gasteiger partial charge in [0.15, 0.2) is 0 Å². The molecule has 1 heterocycles. The Kier molecular flexibility index (Phi) is 5.14.